The molecule has 0 fully saturated rings. The predicted octanol–water partition coefficient (Wildman–Crippen LogP) is 5.38. The van der Waals surface area contributed by atoms with Crippen molar-refractivity contribution in [2.45, 2.75) is 66.7 Å². The minimum Gasteiger partial charge on any atom is -0.299 e. The number of carbonyl (C=O) groups excluding carboxylic acids is 1. The highest BCUT2D eigenvalue weighted by Crippen LogP contribution is 2.35. The van der Waals surface area contributed by atoms with Gasteiger partial charge in [0, 0.05) is 5.41 Å². The Bertz CT molecular complexity index is 423. The summed E-state index contributed by atoms with van der Waals surface area (Å²) in [7, 11) is 0. The maximum atomic E-state index is 12.0. The molecule has 106 valence electrons. The van der Waals surface area contributed by atoms with Crippen LogP contribution in [0.2, 0.25) is 0 Å². The van der Waals surface area contributed by atoms with Gasteiger partial charge in [0.25, 0.3) is 0 Å². The van der Waals surface area contributed by atoms with Gasteiger partial charge in [-0.25, -0.2) is 0 Å². The topological polar surface area (TPSA) is 17.1 Å². The van der Waals surface area contributed by atoms with Gasteiger partial charge in [-0.1, -0.05) is 34.9 Å². The molecule has 1 aliphatic carbocycles. The summed E-state index contributed by atoms with van der Waals surface area (Å²) < 4.78 is 0. The fraction of sp³-hybridized carbons (Fsp3) is 0.611. The Morgan fingerprint density at radius 2 is 1.68 bits per heavy atom. The van der Waals surface area contributed by atoms with Gasteiger partial charge in [-0.05, 0) is 66.7 Å². The molecule has 0 N–H and O–H groups in total. The highest BCUT2D eigenvalue weighted by atomic mass is 16.1. The van der Waals surface area contributed by atoms with Crippen LogP contribution in [0.25, 0.3) is 0 Å². The minimum atomic E-state index is -0.296. The van der Waals surface area contributed by atoms with E-state index >= 15 is 0 Å². The fourth-order valence-corrected chi connectivity index (χ4v) is 2.51. The molecule has 0 bridgehead atoms. The van der Waals surface area contributed by atoms with Gasteiger partial charge in [0.15, 0.2) is 0 Å². The Morgan fingerprint density at radius 3 is 2.32 bits per heavy atom. The number of allylic oxidation sites excluding steroid dienone is 6. The molecule has 0 aromatic heterocycles. The molecule has 1 aliphatic rings. The second kappa shape index (κ2) is 6.88. The van der Waals surface area contributed by atoms with E-state index in [0.29, 0.717) is 0 Å². The van der Waals surface area contributed by atoms with Gasteiger partial charge in [0.2, 0.25) is 0 Å². The van der Waals surface area contributed by atoms with Gasteiger partial charge in [-0.2, -0.15) is 0 Å². The molecule has 0 heterocycles. The van der Waals surface area contributed by atoms with E-state index in [0.717, 1.165) is 32.1 Å². The SMILES string of the molecule is CC(=O)C1(C)CCC(C)=CCCC(C)=CCC=C1C. The van der Waals surface area contributed by atoms with E-state index in [-0.39, 0.29) is 11.2 Å². The third-order valence-electron chi connectivity index (χ3n) is 4.59. The van der Waals surface area contributed by atoms with Crippen molar-refractivity contribution >= 4 is 5.78 Å². The first-order valence-electron chi connectivity index (χ1n) is 7.36. The highest BCUT2D eigenvalue weighted by Gasteiger charge is 2.31. The average molecular weight is 260 g/mol. The lowest BCUT2D eigenvalue weighted by atomic mass is 9.74. The van der Waals surface area contributed by atoms with E-state index in [2.05, 4.69) is 45.9 Å². The number of carbonyl (C=O) groups is 1. The van der Waals surface area contributed by atoms with E-state index in [1.807, 2.05) is 0 Å². The molecule has 0 aliphatic heterocycles. The van der Waals surface area contributed by atoms with Crippen LogP contribution in [0.4, 0.5) is 0 Å². The molecule has 1 atom stereocenters. The van der Waals surface area contributed by atoms with Crippen molar-refractivity contribution in [3.8, 4) is 0 Å². The molecule has 0 radical (unpaired) electrons. The van der Waals surface area contributed by atoms with Gasteiger partial charge in [0.1, 0.15) is 5.78 Å². The molecule has 1 rings (SSSR count). The van der Waals surface area contributed by atoms with Gasteiger partial charge in [0.05, 0.1) is 0 Å². The Morgan fingerprint density at radius 1 is 1.05 bits per heavy atom. The molecule has 19 heavy (non-hydrogen) atoms. The molecular weight excluding hydrogens is 232 g/mol. The van der Waals surface area contributed by atoms with Crippen LogP contribution >= 0.6 is 0 Å². The van der Waals surface area contributed by atoms with E-state index < -0.39 is 0 Å². The van der Waals surface area contributed by atoms with Crippen molar-refractivity contribution < 1.29 is 4.79 Å². The summed E-state index contributed by atoms with van der Waals surface area (Å²) in [6.07, 6.45) is 12.0. The van der Waals surface area contributed by atoms with Gasteiger partial charge in [-0.15, -0.1) is 0 Å². The Balaban J connectivity index is 3.05. The third-order valence-corrected chi connectivity index (χ3v) is 4.59. The monoisotopic (exact) mass is 260 g/mol. The normalized spacial score (nSPS) is 26.5. The van der Waals surface area contributed by atoms with Crippen LogP contribution in [0, 0.1) is 5.41 Å². The molecule has 0 saturated heterocycles. The van der Waals surface area contributed by atoms with Crippen molar-refractivity contribution in [1.82, 2.24) is 0 Å². The summed E-state index contributed by atoms with van der Waals surface area (Å²) >= 11 is 0. The first-order chi connectivity index (χ1) is 8.86. The van der Waals surface area contributed by atoms with E-state index in [4.69, 9.17) is 0 Å². The van der Waals surface area contributed by atoms with Crippen molar-refractivity contribution in [3.05, 3.63) is 34.9 Å². The molecule has 0 saturated carbocycles. The summed E-state index contributed by atoms with van der Waals surface area (Å²) in [5.41, 5.74) is 3.78. The maximum Gasteiger partial charge on any atom is 0.139 e. The Labute approximate surface area is 118 Å². The molecule has 0 spiro atoms. The highest BCUT2D eigenvalue weighted by molar-refractivity contribution is 5.85. The van der Waals surface area contributed by atoms with E-state index in [1.165, 1.54) is 16.7 Å². The number of rotatable bonds is 1. The second-order valence-corrected chi connectivity index (χ2v) is 6.15. The van der Waals surface area contributed by atoms with E-state index in [1.54, 1.807) is 6.92 Å². The lowest BCUT2D eigenvalue weighted by Crippen LogP contribution is -2.27. The quantitative estimate of drug-likeness (QED) is 0.578. The summed E-state index contributed by atoms with van der Waals surface area (Å²) in [5.74, 6) is 0.284. The summed E-state index contributed by atoms with van der Waals surface area (Å²) in [6, 6.07) is 0. The van der Waals surface area contributed by atoms with Gasteiger partial charge in [-0.3, -0.25) is 4.79 Å². The van der Waals surface area contributed by atoms with E-state index in [9.17, 15) is 4.79 Å². The van der Waals surface area contributed by atoms with Gasteiger partial charge < -0.3 is 0 Å². The largest absolute Gasteiger partial charge is 0.299 e. The summed E-state index contributed by atoms with van der Waals surface area (Å²) in [4.78, 5) is 12.0. The van der Waals surface area contributed by atoms with Crippen LogP contribution in [0.5, 0.6) is 0 Å². The maximum absolute atomic E-state index is 12.0. The molecule has 0 aromatic carbocycles. The molecule has 1 nitrogen and oxygen atoms in total. The van der Waals surface area contributed by atoms with Crippen molar-refractivity contribution in [3.63, 3.8) is 0 Å². The standard InChI is InChI=1S/C18H28O/c1-14-8-6-9-15(2)12-13-18(5,17(4)19)16(3)11-7-10-14/h9-11H,6-8,12-13H2,1-5H3. The third kappa shape index (κ3) is 4.49. The Kier molecular flexibility index (Phi) is 5.78. The molecule has 0 aromatic rings. The lowest BCUT2D eigenvalue weighted by Gasteiger charge is -2.28. The second-order valence-electron chi connectivity index (χ2n) is 6.15. The zero-order chi connectivity index (χ0) is 14.5. The van der Waals surface area contributed by atoms with Crippen LogP contribution in [0.3, 0.4) is 0 Å². The van der Waals surface area contributed by atoms with Crippen molar-refractivity contribution in [2.75, 3.05) is 0 Å². The molecule has 0 amide bonds. The summed E-state index contributed by atoms with van der Waals surface area (Å²) in [6.45, 7) is 10.3. The molecule has 1 heteroatoms. The minimum absolute atomic E-state index is 0.284. The summed E-state index contributed by atoms with van der Waals surface area (Å²) in [5, 5.41) is 0. The lowest BCUT2D eigenvalue weighted by molar-refractivity contribution is -0.124. The number of hydrogen-bond donors (Lipinski definition) is 0. The van der Waals surface area contributed by atoms with Crippen LogP contribution in [0.1, 0.15) is 66.7 Å². The number of ketones is 1. The smallest absolute Gasteiger partial charge is 0.139 e. The van der Waals surface area contributed by atoms with Crippen LogP contribution < -0.4 is 0 Å². The number of Topliss-reactive ketones (excluding diaryl/α,β-unsaturated/α-hetero) is 1. The zero-order valence-electron chi connectivity index (χ0n) is 13.2. The first-order valence-corrected chi connectivity index (χ1v) is 7.36. The first kappa shape index (κ1) is 15.9. The van der Waals surface area contributed by atoms with Crippen LogP contribution in [-0.4, -0.2) is 5.78 Å². The van der Waals surface area contributed by atoms with Crippen LogP contribution in [-0.2, 0) is 4.79 Å². The zero-order valence-corrected chi connectivity index (χ0v) is 13.2. The molecular formula is C18H28O. The average Bonchev–Trinajstić information content (AvgIpc) is 2.34. The predicted molar refractivity (Wildman–Crippen MR) is 83.1 cm³/mol. The van der Waals surface area contributed by atoms with Crippen LogP contribution in [0.15, 0.2) is 34.9 Å². The fourth-order valence-electron chi connectivity index (χ4n) is 2.51. The Hall–Kier alpha value is -1.11. The number of hydrogen-bond acceptors (Lipinski definition) is 1. The van der Waals surface area contributed by atoms with Crippen molar-refractivity contribution in [1.29, 1.82) is 0 Å². The van der Waals surface area contributed by atoms with Gasteiger partial charge >= 0.3 is 0 Å². The molecule has 1 unspecified atom stereocenters. The van der Waals surface area contributed by atoms with Crippen molar-refractivity contribution in [2.24, 2.45) is 5.41 Å².